The van der Waals surface area contributed by atoms with E-state index in [1.165, 1.54) is 12.3 Å². The van der Waals surface area contributed by atoms with Crippen LogP contribution in [0.2, 0.25) is 0 Å². The van der Waals surface area contributed by atoms with Crippen molar-refractivity contribution in [1.29, 1.82) is 0 Å². The third-order valence-corrected chi connectivity index (χ3v) is 7.99. The maximum Gasteiger partial charge on any atom is 0.490 e. The lowest BCUT2D eigenvalue weighted by atomic mass is 9.98. The van der Waals surface area contributed by atoms with Crippen LogP contribution >= 0.6 is 35.1 Å². The number of nitrogens with two attached hydrogens (primary N) is 1. The lowest BCUT2D eigenvalue weighted by Crippen LogP contribution is -2.44. The maximum absolute atomic E-state index is 12.0. The van der Waals surface area contributed by atoms with Crippen LogP contribution in [0.4, 0.5) is 5.82 Å². The fourth-order valence-corrected chi connectivity index (χ4v) is 5.89. The summed E-state index contributed by atoms with van der Waals surface area (Å²) in [5.41, 5.74) is 2.46. The number of anilines is 1. The molecule has 7 N–H and O–H groups in total. The molecule has 20 heteroatoms. The van der Waals surface area contributed by atoms with Gasteiger partial charge in [-0.3, -0.25) is 9.09 Å². The summed E-state index contributed by atoms with van der Waals surface area (Å²) in [6, 6.07) is 1.24. The summed E-state index contributed by atoms with van der Waals surface area (Å²) in [7, 11) is -16.8. The number of alkyl halides is 1. The maximum atomic E-state index is 12.0. The molecule has 0 saturated carbocycles. The molecule has 0 amide bonds. The van der Waals surface area contributed by atoms with Gasteiger partial charge in [-0.05, 0) is 6.07 Å². The van der Waals surface area contributed by atoms with Crippen LogP contribution in [0.1, 0.15) is 6.23 Å². The van der Waals surface area contributed by atoms with Gasteiger partial charge in [0.25, 0.3) is 0 Å². The van der Waals surface area contributed by atoms with Gasteiger partial charge >= 0.3 is 29.2 Å². The van der Waals surface area contributed by atoms with Gasteiger partial charge in [-0.1, -0.05) is 6.08 Å². The van der Waals surface area contributed by atoms with Crippen molar-refractivity contribution < 1.29 is 56.3 Å². The van der Waals surface area contributed by atoms with Gasteiger partial charge in [0.05, 0.1) is 6.61 Å². The fourth-order valence-electron chi connectivity index (χ4n) is 2.45. The van der Waals surface area contributed by atoms with E-state index in [0.717, 1.165) is 10.6 Å². The van der Waals surface area contributed by atoms with Crippen molar-refractivity contribution in [2.75, 3.05) is 12.3 Å². The zero-order valence-corrected chi connectivity index (χ0v) is 18.5. The van der Waals surface area contributed by atoms with Crippen molar-refractivity contribution in [3.63, 3.8) is 0 Å². The molecule has 6 atom stereocenters. The van der Waals surface area contributed by atoms with Crippen molar-refractivity contribution in [1.82, 2.24) is 9.55 Å². The van der Waals surface area contributed by atoms with E-state index >= 15 is 0 Å². The molecule has 16 nitrogen and oxygen atoms in total. The Bertz CT molecular complexity index is 1050. The summed E-state index contributed by atoms with van der Waals surface area (Å²) in [6.07, 6.45) is -0.986. The molecule has 2 rings (SSSR count). The Balaban J connectivity index is 2.21. The summed E-state index contributed by atoms with van der Waals surface area (Å²) in [6.45, 7) is 2.33. The van der Waals surface area contributed by atoms with E-state index < -0.39 is 59.1 Å². The van der Waals surface area contributed by atoms with Crippen LogP contribution in [0.3, 0.4) is 0 Å². The number of hydrogen-bond acceptors (Lipinski definition) is 11. The Kier molecular flexibility index (Phi) is 7.73. The predicted molar refractivity (Wildman–Crippen MR) is 101 cm³/mol. The minimum absolute atomic E-state index is 0.103. The summed E-state index contributed by atoms with van der Waals surface area (Å²) in [5.74, 6) is -0.103. The SMILES string of the molecule is C=C[C@]1(COP(=O)(O)OP(=O)(O)OP(=O)(O)O)O[C@@H](n2ccc(N)nc2=O)[C@H](Cl)[C@@H]1O. The average Bonchev–Trinajstić information content (AvgIpc) is 2.82. The highest BCUT2D eigenvalue weighted by atomic mass is 35.5. The van der Waals surface area contributed by atoms with E-state index in [1.54, 1.807) is 0 Å². The Labute approximate surface area is 178 Å². The van der Waals surface area contributed by atoms with Gasteiger partial charge in [0.1, 0.15) is 22.9 Å². The monoisotopic (exact) mass is 527 g/mol. The highest BCUT2D eigenvalue weighted by Gasteiger charge is 2.55. The lowest BCUT2D eigenvalue weighted by molar-refractivity contribution is -0.0954. The topological polar surface area (TPSA) is 250 Å². The smallest absolute Gasteiger partial charge is 0.388 e. The van der Waals surface area contributed by atoms with Crippen LogP contribution in [0.25, 0.3) is 0 Å². The minimum atomic E-state index is -5.75. The fraction of sp³-hybridized carbons (Fsp3) is 0.455. The Morgan fingerprint density at radius 2 is 1.90 bits per heavy atom. The molecule has 1 aliphatic heterocycles. The second kappa shape index (κ2) is 9.12. The standard InChI is InChI=1S/C11H17ClN3O13P3/c1-2-11(5-25-30(21,22)28-31(23,24)27-29(18,19)20)8(16)7(12)9(26-11)15-4-3-6(13)14-10(15)17/h2-4,7-9,16H,1,5H2,(H,21,22)(H,23,24)(H2,13,14,17)(H2,18,19,20)/t7-,8+,9-,11-/m1/s1. The molecule has 1 aromatic rings. The second-order valence-electron chi connectivity index (χ2n) is 5.96. The first-order valence-electron chi connectivity index (χ1n) is 7.77. The molecule has 0 spiro atoms. The largest absolute Gasteiger partial charge is 0.490 e. The number of aliphatic hydroxyl groups is 1. The molecule has 1 aromatic heterocycles. The third kappa shape index (κ3) is 6.53. The van der Waals surface area contributed by atoms with E-state index in [-0.39, 0.29) is 5.82 Å². The van der Waals surface area contributed by atoms with Gasteiger partial charge in [0.2, 0.25) is 0 Å². The van der Waals surface area contributed by atoms with Gasteiger partial charge < -0.3 is 35.2 Å². The second-order valence-corrected chi connectivity index (χ2v) is 10.9. The van der Waals surface area contributed by atoms with Gasteiger partial charge in [-0.15, -0.1) is 18.2 Å². The molecule has 31 heavy (non-hydrogen) atoms. The minimum Gasteiger partial charge on any atom is -0.388 e. The van der Waals surface area contributed by atoms with Gasteiger partial charge in [-0.25, -0.2) is 18.5 Å². The first-order valence-corrected chi connectivity index (χ1v) is 12.7. The molecule has 2 unspecified atom stereocenters. The number of hydrogen-bond donors (Lipinski definition) is 6. The van der Waals surface area contributed by atoms with Crippen LogP contribution < -0.4 is 11.4 Å². The normalized spacial score (nSPS) is 30.5. The molecule has 0 bridgehead atoms. The van der Waals surface area contributed by atoms with E-state index in [0.29, 0.717) is 0 Å². The quantitative estimate of drug-likeness (QED) is 0.136. The number of rotatable bonds is 9. The van der Waals surface area contributed by atoms with Gasteiger partial charge in [-0.2, -0.15) is 13.6 Å². The molecule has 176 valence electrons. The van der Waals surface area contributed by atoms with Crippen molar-refractivity contribution >= 4 is 40.9 Å². The molecule has 1 fully saturated rings. The molecule has 0 aliphatic carbocycles. The van der Waals surface area contributed by atoms with E-state index in [2.05, 4.69) is 24.7 Å². The van der Waals surface area contributed by atoms with Crippen molar-refractivity contribution in [3.8, 4) is 0 Å². The Hall–Kier alpha value is -0.960. The Morgan fingerprint density at radius 1 is 1.29 bits per heavy atom. The summed E-state index contributed by atoms with van der Waals surface area (Å²) < 4.78 is 52.0. The number of halogens is 1. The van der Waals surface area contributed by atoms with Crippen LogP contribution in [0.5, 0.6) is 0 Å². The van der Waals surface area contributed by atoms with Crippen LogP contribution in [-0.2, 0) is 31.6 Å². The van der Waals surface area contributed by atoms with Gasteiger partial charge in [0.15, 0.2) is 6.23 Å². The van der Waals surface area contributed by atoms with Crippen molar-refractivity contribution in [2.24, 2.45) is 0 Å². The highest BCUT2D eigenvalue weighted by molar-refractivity contribution is 7.66. The molecular weight excluding hydrogens is 511 g/mol. The zero-order valence-electron chi connectivity index (χ0n) is 15.1. The van der Waals surface area contributed by atoms with Crippen LogP contribution in [0, 0.1) is 0 Å². The number of aliphatic hydroxyl groups excluding tert-OH is 1. The van der Waals surface area contributed by atoms with Crippen molar-refractivity contribution in [2.45, 2.75) is 23.3 Å². The average molecular weight is 528 g/mol. The number of ether oxygens (including phenoxy) is 1. The zero-order chi connectivity index (χ0) is 23.8. The number of aromatic nitrogens is 2. The molecular formula is C11H17ClN3O13P3. The highest BCUT2D eigenvalue weighted by Crippen LogP contribution is 2.66. The lowest BCUT2D eigenvalue weighted by Gasteiger charge is -2.29. The summed E-state index contributed by atoms with van der Waals surface area (Å²) in [5, 5.41) is 9.11. The van der Waals surface area contributed by atoms with Crippen molar-refractivity contribution in [3.05, 3.63) is 35.4 Å². The molecule has 0 aromatic carbocycles. The van der Waals surface area contributed by atoms with Crippen LogP contribution in [0.15, 0.2) is 29.7 Å². The molecule has 1 saturated heterocycles. The first kappa shape index (κ1) is 26.3. The molecule has 0 radical (unpaired) electrons. The molecule has 1 aliphatic rings. The van der Waals surface area contributed by atoms with E-state index in [4.69, 9.17) is 36.8 Å². The van der Waals surface area contributed by atoms with E-state index in [9.17, 15) is 28.5 Å². The number of phosphoric ester groups is 1. The summed E-state index contributed by atoms with van der Waals surface area (Å²) >= 11 is 6.12. The van der Waals surface area contributed by atoms with Crippen LogP contribution in [-0.4, -0.2) is 57.9 Å². The Morgan fingerprint density at radius 3 is 2.42 bits per heavy atom. The third-order valence-electron chi connectivity index (χ3n) is 3.76. The predicted octanol–water partition coefficient (Wildman–Crippen LogP) is -0.409. The molecule has 2 heterocycles. The van der Waals surface area contributed by atoms with E-state index in [1.807, 2.05) is 0 Å². The summed E-state index contributed by atoms with van der Waals surface area (Å²) in [4.78, 5) is 51.3. The number of phosphoric acid groups is 3. The number of nitrogen functional groups attached to an aromatic ring is 1. The first-order chi connectivity index (χ1) is 14.0. The number of nitrogens with zero attached hydrogens (tertiary/aromatic N) is 2. The van der Waals surface area contributed by atoms with Gasteiger partial charge in [0, 0.05) is 6.20 Å².